The van der Waals surface area contributed by atoms with Gasteiger partial charge in [0.2, 0.25) is 0 Å². The fraction of sp³-hybridized carbons (Fsp3) is 1.00. The van der Waals surface area contributed by atoms with E-state index in [9.17, 15) is 4.21 Å². The van der Waals surface area contributed by atoms with Gasteiger partial charge in [-0.2, -0.15) is 0 Å². The van der Waals surface area contributed by atoms with Crippen LogP contribution in [0.25, 0.3) is 0 Å². The molecule has 0 fully saturated rings. The maximum atomic E-state index is 11.6. The summed E-state index contributed by atoms with van der Waals surface area (Å²) in [6.45, 7) is 2.22. The Hall–Kier alpha value is 0.110. The Morgan fingerprint density at radius 2 is 1.62 bits per heavy atom. The molecule has 0 unspecified atom stereocenters. The van der Waals surface area contributed by atoms with Crippen LogP contribution >= 0.6 is 0 Å². The standard InChI is InChI=1S/C10H25NOS/c1-4-5-6-7-8-9-10-13(3,12)11-2/h13H,4-10H2,1-3H3,(H,11,12). The molecule has 0 saturated carbocycles. The van der Waals surface area contributed by atoms with E-state index in [-0.39, 0.29) is 0 Å². The van der Waals surface area contributed by atoms with E-state index < -0.39 is 10.1 Å². The number of nitrogens with one attached hydrogen (secondary N) is 1. The quantitative estimate of drug-likeness (QED) is 0.463. The highest BCUT2D eigenvalue weighted by atomic mass is 32.3. The average molecular weight is 207 g/mol. The van der Waals surface area contributed by atoms with Crippen LogP contribution in [-0.4, -0.2) is 23.3 Å². The Balaban J connectivity index is 3.21. The molecule has 0 aromatic carbocycles. The normalized spacial score (nSPS) is 13.2. The van der Waals surface area contributed by atoms with Gasteiger partial charge in [0.1, 0.15) is 0 Å². The van der Waals surface area contributed by atoms with Gasteiger partial charge in [-0.1, -0.05) is 49.1 Å². The fourth-order valence-electron chi connectivity index (χ4n) is 1.31. The van der Waals surface area contributed by atoms with Crippen LogP contribution in [0.15, 0.2) is 0 Å². The Bertz CT molecular complexity index is 159. The molecule has 0 heterocycles. The summed E-state index contributed by atoms with van der Waals surface area (Å²) in [5.41, 5.74) is 0. The zero-order chi connectivity index (χ0) is 10.2. The molecular formula is C10H25NOS. The van der Waals surface area contributed by atoms with Gasteiger partial charge in [0.15, 0.2) is 0 Å². The Kier molecular flexibility index (Phi) is 7.57. The Labute approximate surface area is 84.1 Å². The highest BCUT2D eigenvalue weighted by molar-refractivity contribution is 8.00. The van der Waals surface area contributed by atoms with Crippen LogP contribution in [0.3, 0.4) is 0 Å². The van der Waals surface area contributed by atoms with Gasteiger partial charge in [0, 0.05) is 12.0 Å². The highest BCUT2D eigenvalue weighted by Crippen LogP contribution is 2.07. The lowest BCUT2D eigenvalue weighted by Crippen LogP contribution is -2.29. The van der Waals surface area contributed by atoms with Gasteiger partial charge in [0.05, 0.1) is 0 Å². The molecule has 3 heteroatoms. The first-order valence-electron chi connectivity index (χ1n) is 5.38. The predicted molar refractivity (Wildman–Crippen MR) is 62.8 cm³/mol. The summed E-state index contributed by atoms with van der Waals surface area (Å²) in [6, 6.07) is 0. The summed E-state index contributed by atoms with van der Waals surface area (Å²) >= 11 is 0. The minimum Gasteiger partial charge on any atom is -0.272 e. The zero-order valence-electron chi connectivity index (χ0n) is 9.31. The van der Waals surface area contributed by atoms with E-state index in [4.69, 9.17) is 0 Å². The lowest BCUT2D eigenvalue weighted by molar-refractivity contribution is 0.618. The lowest BCUT2D eigenvalue weighted by atomic mass is 10.1. The third-order valence-electron chi connectivity index (χ3n) is 2.41. The van der Waals surface area contributed by atoms with Crippen LogP contribution in [0.1, 0.15) is 45.4 Å². The summed E-state index contributed by atoms with van der Waals surface area (Å²) in [5.74, 6) is 0.857. The van der Waals surface area contributed by atoms with Crippen molar-refractivity contribution in [1.82, 2.24) is 4.72 Å². The largest absolute Gasteiger partial charge is 0.272 e. The van der Waals surface area contributed by atoms with Crippen molar-refractivity contribution in [3.8, 4) is 0 Å². The minimum atomic E-state index is -1.98. The molecule has 0 aromatic heterocycles. The molecule has 0 spiro atoms. The molecular weight excluding hydrogens is 182 g/mol. The zero-order valence-corrected chi connectivity index (χ0v) is 10.2. The van der Waals surface area contributed by atoms with Gasteiger partial charge in [0.25, 0.3) is 0 Å². The van der Waals surface area contributed by atoms with Crippen molar-refractivity contribution in [2.45, 2.75) is 45.4 Å². The first-order valence-corrected chi connectivity index (χ1v) is 7.72. The molecule has 0 aliphatic heterocycles. The molecule has 0 rings (SSSR count). The second-order valence-corrected chi connectivity index (χ2v) is 6.91. The van der Waals surface area contributed by atoms with Gasteiger partial charge < -0.3 is 0 Å². The van der Waals surface area contributed by atoms with E-state index in [0.29, 0.717) is 0 Å². The molecule has 13 heavy (non-hydrogen) atoms. The lowest BCUT2D eigenvalue weighted by Gasteiger charge is -2.16. The van der Waals surface area contributed by atoms with Crippen LogP contribution in [-0.2, 0) is 10.1 Å². The van der Waals surface area contributed by atoms with Crippen LogP contribution < -0.4 is 4.72 Å². The molecule has 0 saturated heterocycles. The highest BCUT2D eigenvalue weighted by Gasteiger charge is 2.02. The van der Waals surface area contributed by atoms with E-state index >= 15 is 0 Å². The predicted octanol–water partition coefficient (Wildman–Crippen LogP) is 2.13. The molecule has 1 N–H and O–H groups in total. The summed E-state index contributed by atoms with van der Waals surface area (Å²) in [4.78, 5) is 0. The van der Waals surface area contributed by atoms with Crippen molar-refractivity contribution in [2.24, 2.45) is 0 Å². The van der Waals surface area contributed by atoms with E-state index in [2.05, 4.69) is 11.6 Å². The molecule has 0 radical (unpaired) electrons. The second-order valence-electron chi connectivity index (χ2n) is 3.82. The number of hydrogen-bond donors (Lipinski definition) is 2. The smallest absolute Gasteiger partial charge is 0.0125 e. The van der Waals surface area contributed by atoms with Gasteiger partial charge in [-0.05, 0) is 13.5 Å². The summed E-state index contributed by atoms with van der Waals surface area (Å²) in [7, 11) is -0.189. The van der Waals surface area contributed by atoms with E-state index in [0.717, 1.165) is 12.2 Å². The average Bonchev–Trinajstić information content (AvgIpc) is 2.11. The van der Waals surface area contributed by atoms with Crippen molar-refractivity contribution in [3.63, 3.8) is 0 Å². The maximum Gasteiger partial charge on any atom is 0.0125 e. The van der Waals surface area contributed by atoms with Crippen molar-refractivity contribution in [1.29, 1.82) is 0 Å². The molecule has 0 aliphatic rings. The molecule has 0 amide bonds. The van der Waals surface area contributed by atoms with Crippen molar-refractivity contribution >= 4 is 10.1 Å². The Morgan fingerprint density at radius 1 is 1.08 bits per heavy atom. The van der Waals surface area contributed by atoms with Crippen LogP contribution in [0.5, 0.6) is 0 Å². The van der Waals surface area contributed by atoms with Crippen molar-refractivity contribution < 1.29 is 4.21 Å². The summed E-state index contributed by atoms with van der Waals surface area (Å²) in [6.07, 6.45) is 9.46. The second kappa shape index (κ2) is 7.51. The molecule has 0 atom stereocenters. The van der Waals surface area contributed by atoms with Crippen molar-refractivity contribution in [2.75, 3.05) is 19.1 Å². The first kappa shape index (κ1) is 13.1. The van der Waals surface area contributed by atoms with Gasteiger partial charge in [-0.3, -0.25) is 8.93 Å². The van der Waals surface area contributed by atoms with Crippen LogP contribution in [0.4, 0.5) is 0 Å². The molecule has 0 aromatic rings. The molecule has 0 aliphatic carbocycles. The minimum absolute atomic E-state index is 0.857. The first-order chi connectivity index (χ1) is 6.12. The number of unbranched alkanes of at least 4 members (excludes halogenated alkanes) is 5. The Morgan fingerprint density at radius 3 is 2.15 bits per heavy atom. The number of hydrogen-bond acceptors (Lipinski definition) is 1. The van der Waals surface area contributed by atoms with Crippen LogP contribution in [0, 0.1) is 0 Å². The van der Waals surface area contributed by atoms with E-state index in [1.54, 1.807) is 7.05 Å². The van der Waals surface area contributed by atoms with Gasteiger partial charge in [-0.25, -0.2) is 0 Å². The van der Waals surface area contributed by atoms with Gasteiger partial charge in [-0.15, -0.1) is 0 Å². The molecule has 82 valence electrons. The fourth-order valence-corrected chi connectivity index (χ4v) is 2.36. The summed E-state index contributed by atoms with van der Waals surface area (Å²) < 4.78 is 14.5. The maximum absolute atomic E-state index is 11.6. The monoisotopic (exact) mass is 207 g/mol. The molecule has 2 nitrogen and oxygen atoms in total. The van der Waals surface area contributed by atoms with Crippen LogP contribution in [0.2, 0.25) is 0 Å². The third-order valence-corrected chi connectivity index (χ3v) is 4.53. The van der Waals surface area contributed by atoms with Gasteiger partial charge >= 0.3 is 0 Å². The molecule has 0 bridgehead atoms. The third kappa shape index (κ3) is 8.44. The summed E-state index contributed by atoms with van der Waals surface area (Å²) in [5, 5.41) is 0. The number of thiol groups is 1. The topological polar surface area (TPSA) is 29.1 Å². The van der Waals surface area contributed by atoms with E-state index in [1.165, 1.54) is 32.1 Å². The van der Waals surface area contributed by atoms with E-state index in [1.807, 2.05) is 6.26 Å². The SMILES string of the molecule is CCCCCCCC[SH](C)(=O)NC. The van der Waals surface area contributed by atoms with Crippen molar-refractivity contribution in [3.05, 3.63) is 0 Å². The number of rotatable bonds is 8.